The Morgan fingerprint density at radius 1 is 0.800 bits per heavy atom. The Bertz CT molecular complexity index is 914. The lowest BCUT2D eigenvalue weighted by Crippen LogP contribution is -2.14. The summed E-state index contributed by atoms with van der Waals surface area (Å²) in [6.45, 7) is 4.32. The molecule has 0 atom stereocenters. The van der Waals surface area contributed by atoms with Gasteiger partial charge in [-0.2, -0.15) is 4.39 Å². The van der Waals surface area contributed by atoms with E-state index < -0.39 is 17.6 Å². The molecule has 0 unspecified atom stereocenters. The standard InChI is InChI=1S/C31H42F2O2/c1-3-5-7-8-10-11-23-13-15-24(16-14-23)25-17-19-27(20-18-25)31(34)35-28-22-21-26(12-9-6-4-2)29(32)30(28)33/h17-24H,3-16H2,1-2H3/t23-,24-. The van der Waals surface area contributed by atoms with Crippen LogP contribution in [0.1, 0.15) is 125 Å². The van der Waals surface area contributed by atoms with Crippen LogP contribution in [0.15, 0.2) is 36.4 Å². The van der Waals surface area contributed by atoms with Crippen LogP contribution in [0.2, 0.25) is 0 Å². The van der Waals surface area contributed by atoms with E-state index in [4.69, 9.17) is 4.74 Å². The molecular weight excluding hydrogens is 442 g/mol. The summed E-state index contributed by atoms with van der Waals surface area (Å²) in [7, 11) is 0. The van der Waals surface area contributed by atoms with Gasteiger partial charge in [-0.05, 0) is 79.7 Å². The first-order valence-corrected chi connectivity index (χ1v) is 13.8. The molecule has 0 heterocycles. The van der Waals surface area contributed by atoms with Crippen molar-refractivity contribution in [1.29, 1.82) is 0 Å². The summed E-state index contributed by atoms with van der Waals surface area (Å²) in [5, 5.41) is 0. The first kappa shape index (κ1) is 27.4. The second-order valence-corrected chi connectivity index (χ2v) is 10.2. The van der Waals surface area contributed by atoms with Crippen LogP contribution >= 0.6 is 0 Å². The topological polar surface area (TPSA) is 26.3 Å². The Morgan fingerprint density at radius 3 is 2.14 bits per heavy atom. The monoisotopic (exact) mass is 484 g/mol. The summed E-state index contributed by atoms with van der Waals surface area (Å²) in [6.07, 6.45) is 16.3. The van der Waals surface area contributed by atoms with Gasteiger partial charge in [0.15, 0.2) is 11.6 Å². The molecule has 0 aromatic heterocycles. The molecule has 1 aliphatic rings. The fourth-order valence-corrected chi connectivity index (χ4v) is 5.28. The number of carbonyl (C=O) groups is 1. The summed E-state index contributed by atoms with van der Waals surface area (Å²) in [4.78, 5) is 12.6. The summed E-state index contributed by atoms with van der Waals surface area (Å²) in [5.41, 5.74) is 1.92. The minimum absolute atomic E-state index is 0.325. The largest absolute Gasteiger partial charge is 0.420 e. The lowest BCUT2D eigenvalue weighted by atomic mass is 9.77. The van der Waals surface area contributed by atoms with Crippen LogP contribution in [-0.2, 0) is 6.42 Å². The molecule has 0 radical (unpaired) electrons. The van der Waals surface area contributed by atoms with E-state index in [1.54, 1.807) is 12.1 Å². The maximum Gasteiger partial charge on any atom is 0.343 e. The highest BCUT2D eigenvalue weighted by Gasteiger charge is 2.23. The summed E-state index contributed by atoms with van der Waals surface area (Å²) in [5.74, 6) is -1.65. The van der Waals surface area contributed by atoms with Gasteiger partial charge in [-0.3, -0.25) is 0 Å². The number of benzene rings is 2. The minimum atomic E-state index is -1.09. The van der Waals surface area contributed by atoms with E-state index in [0.717, 1.165) is 25.2 Å². The lowest BCUT2D eigenvalue weighted by Gasteiger charge is -2.29. The van der Waals surface area contributed by atoms with Gasteiger partial charge in [-0.25, -0.2) is 9.18 Å². The molecule has 2 aromatic carbocycles. The molecule has 1 saturated carbocycles. The van der Waals surface area contributed by atoms with Gasteiger partial charge in [-0.1, -0.05) is 83.4 Å². The van der Waals surface area contributed by atoms with Crippen LogP contribution in [0.4, 0.5) is 8.78 Å². The maximum atomic E-state index is 14.5. The van der Waals surface area contributed by atoms with Gasteiger partial charge < -0.3 is 4.74 Å². The van der Waals surface area contributed by atoms with Gasteiger partial charge in [0.2, 0.25) is 5.82 Å². The molecule has 0 saturated heterocycles. The van der Waals surface area contributed by atoms with Crippen molar-refractivity contribution >= 4 is 5.97 Å². The van der Waals surface area contributed by atoms with Crippen LogP contribution in [0.5, 0.6) is 5.75 Å². The van der Waals surface area contributed by atoms with Crippen LogP contribution in [0.25, 0.3) is 0 Å². The quantitative estimate of drug-likeness (QED) is 0.161. The number of ether oxygens (including phenoxy) is 1. The Kier molecular flexibility index (Phi) is 11.2. The van der Waals surface area contributed by atoms with Crippen molar-refractivity contribution in [2.75, 3.05) is 0 Å². The molecule has 0 bridgehead atoms. The lowest BCUT2D eigenvalue weighted by molar-refractivity contribution is 0.0726. The third-order valence-electron chi connectivity index (χ3n) is 7.56. The van der Waals surface area contributed by atoms with E-state index in [0.29, 0.717) is 23.5 Å². The molecule has 3 rings (SSSR count). The number of hydrogen-bond acceptors (Lipinski definition) is 2. The first-order chi connectivity index (χ1) is 17.0. The van der Waals surface area contributed by atoms with Crippen LogP contribution < -0.4 is 4.74 Å². The molecule has 2 nitrogen and oxygen atoms in total. The molecule has 0 aliphatic heterocycles. The number of unbranched alkanes of at least 4 members (excludes halogenated alkanes) is 6. The van der Waals surface area contributed by atoms with Crippen molar-refractivity contribution in [2.45, 2.75) is 110 Å². The molecule has 1 fully saturated rings. The highest BCUT2D eigenvalue weighted by Crippen LogP contribution is 2.38. The van der Waals surface area contributed by atoms with Gasteiger partial charge in [0.25, 0.3) is 0 Å². The molecule has 0 spiro atoms. The van der Waals surface area contributed by atoms with Gasteiger partial charge in [0.05, 0.1) is 5.56 Å². The highest BCUT2D eigenvalue weighted by molar-refractivity contribution is 5.91. The average molecular weight is 485 g/mol. The van der Waals surface area contributed by atoms with Crippen LogP contribution in [0, 0.1) is 17.6 Å². The normalized spacial score (nSPS) is 17.9. The van der Waals surface area contributed by atoms with Gasteiger partial charge in [0, 0.05) is 0 Å². The maximum absolute atomic E-state index is 14.5. The molecular formula is C31H42F2O2. The Balaban J connectivity index is 1.49. The molecule has 4 heteroatoms. The van der Waals surface area contributed by atoms with Crippen molar-refractivity contribution in [3.8, 4) is 5.75 Å². The van der Waals surface area contributed by atoms with Gasteiger partial charge in [0.1, 0.15) is 0 Å². The van der Waals surface area contributed by atoms with E-state index in [1.165, 1.54) is 81.9 Å². The average Bonchev–Trinajstić information content (AvgIpc) is 2.88. The predicted octanol–water partition coefficient (Wildman–Crippen LogP) is 9.55. The fraction of sp³-hybridized carbons (Fsp3) is 0.581. The molecule has 2 aromatic rings. The Labute approximate surface area is 210 Å². The number of rotatable bonds is 13. The van der Waals surface area contributed by atoms with E-state index in [1.807, 2.05) is 12.1 Å². The number of esters is 1. The van der Waals surface area contributed by atoms with E-state index >= 15 is 0 Å². The third kappa shape index (κ3) is 8.15. The summed E-state index contributed by atoms with van der Waals surface area (Å²) in [6, 6.07) is 10.3. The zero-order valence-electron chi connectivity index (χ0n) is 21.6. The smallest absolute Gasteiger partial charge is 0.343 e. The number of halogens is 2. The zero-order chi connectivity index (χ0) is 25.0. The number of carbonyl (C=O) groups excluding carboxylic acids is 1. The van der Waals surface area contributed by atoms with Crippen molar-refractivity contribution < 1.29 is 18.3 Å². The van der Waals surface area contributed by atoms with Crippen molar-refractivity contribution in [2.24, 2.45) is 5.92 Å². The van der Waals surface area contributed by atoms with Crippen molar-refractivity contribution in [3.05, 3.63) is 64.7 Å². The van der Waals surface area contributed by atoms with Crippen molar-refractivity contribution in [3.63, 3.8) is 0 Å². The Hall–Kier alpha value is -2.23. The molecule has 35 heavy (non-hydrogen) atoms. The molecule has 192 valence electrons. The van der Waals surface area contributed by atoms with E-state index in [9.17, 15) is 13.6 Å². The van der Waals surface area contributed by atoms with Gasteiger partial charge >= 0.3 is 5.97 Å². The fourth-order valence-electron chi connectivity index (χ4n) is 5.28. The van der Waals surface area contributed by atoms with E-state index in [-0.39, 0.29) is 5.75 Å². The minimum Gasteiger partial charge on any atom is -0.420 e. The molecule has 0 amide bonds. The second kappa shape index (κ2) is 14.4. The van der Waals surface area contributed by atoms with E-state index in [2.05, 4.69) is 13.8 Å². The summed E-state index contributed by atoms with van der Waals surface area (Å²) >= 11 is 0. The first-order valence-electron chi connectivity index (χ1n) is 13.8. The Morgan fingerprint density at radius 2 is 1.46 bits per heavy atom. The number of aryl methyl sites for hydroxylation is 1. The summed E-state index contributed by atoms with van der Waals surface area (Å²) < 4.78 is 34.0. The third-order valence-corrected chi connectivity index (χ3v) is 7.56. The second-order valence-electron chi connectivity index (χ2n) is 10.2. The number of hydrogen-bond donors (Lipinski definition) is 0. The SMILES string of the molecule is CCCCCCC[C@H]1CC[C@H](c2ccc(C(=O)Oc3ccc(CCCCC)c(F)c3F)cc2)CC1. The van der Waals surface area contributed by atoms with Crippen LogP contribution in [0.3, 0.4) is 0 Å². The highest BCUT2D eigenvalue weighted by atomic mass is 19.2. The van der Waals surface area contributed by atoms with Gasteiger partial charge in [-0.15, -0.1) is 0 Å². The van der Waals surface area contributed by atoms with Crippen LogP contribution in [-0.4, -0.2) is 5.97 Å². The van der Waals surface area contributed by atoms with Crippen molar-refractivity contribution in [1.82, 2.24) is 0 Å². The predicted molar refractivity (Wildman–Crippen MR) is 139 cm³/mol. The molecule has 0 N–H and O–H groups in total. The zero-order valence-corrected chi connectivity index (χ0v) is 21.6. The molecule has 1 aliphatic carbocycles.